The summed E-state index contributed by atoms with van der Waals surface area (Å²) in [5, 5.41) is 9.73. The number of aromatic hydroxyl groups is 1. The lowest BCUT2D eigenvalue weighted by Gasteiger charge is -2.56. The van der Waals surface area contributed by atoms with Crippen LogP contribution in [0.5, 0.6) is 5.75 Å². The van der Waals surface area contributed by atoms with Gasteiger partial charge in [0, 0.05) is 49.5 Å². The third kappa shape index (κ3) is 6.22. The quantitative estimate of drug-likeness (QED) is 0.332. The van der Waals surface area contributed by atoms with Crippen LogP contribution >= 0.6 is 0 Å². The predicted molar refractivity (Wildman–Crippen MR) is 169 cm³/mol. The van der Waals surface area contributed by atoms with E-state index in [1.165, 1.54) is 19.3 Å². The number of amides is 1. The summed E-state index contributed by atoms with van der Waals surface area (Å²) in [6.45, 7) is 3.83. The topological polar surface area (TPSA) is 90.0 Å². The third-order valence-electron chi connectivity index (χ3n) is 10.4. The molecular weight excluding hydrogens is 577 g/mol. The molecule has 0 aromatic heterocycles. The van der Waals surface area contributed by atoms with Gasteiger partial charge < -0.3 is 10.0 Å². The van der Waals surface area contributed by atoms with Gasteiger partial charge in [0.15, 0.2) is 0 Å². The van der Waals surface area contributed by atoms with Crippen LogP contribution in [0.2, 0.25) is 0 Å². The van der Waals surface area contributed by atoms with Gasteiger partial charge in [-0.05, 0) is 115 Å². The molecule has 3 aromatic rings. The molecule has 1 amide bonds. The number of nitrogens with one attached hydrogen (secondary N) is 1. The van der Waals surface area contributed by atoms with Gasteiger partial charge in [0.05, 0.1) is 5.75 Å². The van der Waals surface area contributed by atoms with Crippen LogP contribution in [0.25, 0.3) is 11.1 Å². The highest BCUT2D eigenvalue weighted by molar-refractivity contribution is 7.90. The molecule has 1 saturated heterocycles. The molecule has 44 heavy (non-hydrogen) atoms. The van der Waals surface area contributed by atoms with Crippen molar-refractivity contribution in [3.05, 3.63) is 83.7 Å². The number of sulfonamides is 1. The number of hydrogen-bond donors (Lipinski definition) is 2. The van der Waals surface area contributed by atoms with E-state index in [0.29, 0.717) is 41.0 Å². The predicted octanol–water partition coefficient (Wildman–Crippen LogP) is 5.80. The first-order chi connectivity index (χ1) is 21.1. The number of carbonyl (C=O) groups excluding carboxylic acids is 1. The monoisotopic (exact) mass is 617 g/mol. The van der Waals surface area contributed by atoms with Gasteiger partial charge in [-0.3, -0.25) is 9.69 Å². The molecule has 5 fully saturated rings. The Hall–Kier alpha value is -3.43. The zero-order valence-electron chi connectivity index (χ0n) is 24.9. The van der Waals surface area contributed by atoms with E-state index >= 15 is 0 Å². The Morgan fingerprint density at radius 2 is 1.55 bits per heavy atom. The Labute approximate surface area is 259 Å². The molecule has 4 bridgehead atoms. The lowest BCUT2D eigenvalue weighted by molar-refractivity contribution is -0.0391. The van der Waals surface area contributed by atoms with Gasteiger partial charge in [0.2, 0.25) is 10.0 Å². The maximum atomic E-state index is 14.9. The molecule has 0 spiro atoms. The van der Waals surface area contributed by atoms with Crippen LogP contribution < -0.4 is 9.62 Å². The minimum Gasteiger partial charge on any atom is -0.508 e. The maximum absolute atomic E-state index is 14.9. The number of hydrogen-bond acceptors (Lipinski definition) is 6. The van der Waals surface area contributed by atoms with Crippen molar-refractivity contribution in [3.8, 4) is 16.9 Å². The van der Waals surface area contributed by atoms with Crippen LogP contribution in [0.3, 0.4) is 0 Å². The minimum absolute atomic E-state index is 0.0615. The van der Waals surface area contributed by atoms with Crippen molar-refractivity contribution in [2.24, 2.45) is 23.2 Å². The van der Waals surface area contributed by atoms with Crippen LogP contribution in [-0.4, -0.2) is 56.3 Å². The van der Waals surface area contributed by atoms with E-state index in [-0.39, 0.29) is 22.7 Å². The van der Waals surface area contributed by atoms with Crippen molar-refractivity contribution in [1.82, 2.24) is 9.62 Å². The van der Waals surface area contributed by atoms with Gasteiger partial charge in [-0.2, -0.15) is 0 Å². The van der Waals surface area contributed by atoms with Gasteiger partial charge in [0.1, 0.15) is 11.6 Å². The first-order valence-electron chi connectivity index (χ1n) is 15.8. The van der Waals surface area contributed by atoms with E-state index in [2.05, 4.69) is 14.5 Å². The average Bonchev–Trinajstić information content (AvgIpc) is 2.96. The van der Waals surface area contributed by atoms with Gasteiger partial charge in [-0.15, -0.1) is 0 Å². The van der Waals surface area contributed by atoms with Crippen molar-refractivity contribution in [2.75, 3.05) is 36.8 Å². The SMILES string of the molecule is O=C(NS(=O)(=O)CC12CC3CC(CC(C3)C1)C2)c1ccc(N2CCN(Cc3ccc(-c4cccc(O)c4)c(F)c3)CC2)cc1. The zero-order chi connectivity index (χ0) is 30.5. The van der Waals surface area contributed by atoms with Gasteiger partial charge in [0.25, 0.3) is 5.91 Å². The lowest BCUT2D eigenvalue weighted by Crippen LogP contribution is -2.51. The maximum Gasteiger partial charge on any atom is 0.264 e. The highest BCUT2D eigenvalue weighted by Crippen LogP contribution is 2.60. The van der Waals surface area contributed by atoms with Crippen LogP contribution in [0.1, 0.15) is 54.4 Å². The largest absolute Gasteiger partial charge is 0.508 e. The van der Waals surface area contributed by atoms with Crippen molar-refractivity contribution < 1.29 is 22.7 Å². The van der Waals surface area contributed by atoms with E-state index < -0.39 is 15.9 Å². The second kappa shape index (κ2) is 11.5. The second-order valence-corrected chi connectivity index (χ2v) is 15.5. The summed E-state index contributed by atoms with van der Waals surface area (Å²) in [7, 11) is -3.72. The summed E-state index contributed by atoms with van der Waals surface area (Å²) in [4.78, 5) is 17.5. The normalized spacial score (nSPS) is 26.6. The smallest absolute Gasteiger partial charge is 0.264 e. The number of phenolic OH excluding ortho intramolecular Hbond substituents is 1. The molecule has 0 atom stereocenters. The van der Waals surface area contributed by atoms with Crippen LogP contribution in [0.4, 0.5) is 10.1 Å². The molecule has 3 aromatic carbocycles. The van der Waals surface area contributed by atoms with E-state index in [1.807, 2.05) is 18.2 Å². The summed E-state index contributed by atoms with van der Waals surface area (Å²) in [5.41, 5.74) is 3.18. The Bertz CT molecular complexity index is 1620. The number of rotatable bonds is 8. The molecule has 1 heterocycles. The first-order valence-corrected chi connectivity index (χ1v) is 17.5. The molecule has 4 aliphatic carbocycles. The highest BCUT2D eigenvalue weighted by atomic mass is 32.2. The standard InChI is InChI=1S/C35H40FN3O4S/c36-33-17-24(4-9-32(33)29-2-1-3-31(40)18-29)22-38-10-12-39(13-11-38)30-7-5-28(6-8-30)34(41)37-44(42,43)23-35-19-25-14-26(20-35)16-27(15-25)21-35/h1-9,17-18,25-27,40H,10-16,19-23H2,(H,37,41). The minimum atomic E-state index is -3.72. The van der Waals surface area contributed by atoms with E-state index in [4.69, 9.17) is 0 Å². The van der Waals surface area contributed by atoms with Crippen molar-refractivity contribution in [3.63, 3.8) is 0 Å². The fourth-order valence-electron chi connectivity index (χ4n) is 8.92. The average molecular weight is 618 g/mol. The highest BCUT2D eigenvalue weighted by Gasteiger charge is 2.52. The van der Waals surface area contributed by atoms with Crippen LogP contribution in [0.15, 0.2) is 66.7 Å². The molecule has 2 N–H and O–H groups in total. The summed E-state index contributed by atoms with van der Waals surface area (Å²) < 4.78 is 43.5. The molecule has 8 rings (SSSR count). The lowest BCUT2D eigenvalue weighted by atomic mass is 9.50. The number of piperazine rings is 1. The summed E-state index contributed by atoms with van der Waals surface area (Å²) in [6.07, 6.45) is 6.72. The number of carbonyl (C=O) groups is 1. The van der Waals surface area contributed by atoms with Crippen molar-refractivity contribution >= 4 is 21.6 Å². The Morgan fingerprint density at radius 3 is 2.16 bits per heavy atom. The molecule has 1 aliphatic heterocycles. The van der Waals surface area contributed by atoms with Gasteiger partial charge >= 0.3 is 0 Å². The van der Waals surface area contributed by atoms with Gasteiger partial charge in [-0.1, -0.05) is 24.3 Å². The van der Waals surface area contributed by atoms with E-state index in [1.54, 1.807) is 48.5 Å². The molecule has 0 radical (unpaired) electrons. The van der Waals surface area contributed by atoms with Crippen LogP contribution in [0, 0.1) is 29.0 Å². The van der Waals surface area contributed by atoms with E-state index in [0.717, 1.165) is 56.7 Å². The number of anilines is 1. The second-order valence-electron chi connectivity index (χ2n) is 13.8. The third-order valence-corrected chi connectivity index (χ3v) is 11.9. The first kappa shape index (κ1) is 29.3. The molecule has 4 saturated carbocycles. The van der Waals surface area contributed by atoms with Crippen LogP contribution in [-0.2, 0) is 16.6 Å². The Morgan fingerprint density at radius 1 is 0.886 bits per heavy atom. The fourth-order valence-corrected chi connectivity index (χ4v) is 10.5. The molecule has 9 heteroatoms. The summed E-state index contributed by atoms with van der Waals surface area (Å²) in [6, 6.07) is 19.0. The number of halogens is 1. The molecular formula is C35H40FN3O4S. The summed E-state index contributed by atoms with van der Waals surface area (Å²) in [5.74, 6) is 1.28. The number of benzene rings is 3. The Kier molecular flexibility index (Phi) is 7.65. The zero-order valence-corrected chi connectivity index (χ0v) is 25.7. The van der Waals surface area contributed by atoms with Crippen molar-refractivity contribution in [2.45, 2.75) is 45.1 Å². The molecule has 232 valence electrons. The summed E-state index contributed by atoms with van der Waals surface area (Å²) >= 11 is 0. The number of nitrogens with zero attached hydrogens (tertiary/aromatic N) is 2. The molecule has 0 unspecified atom stereocenters. The molecule has 5 aliphatic rings. The Balaban J connectivity index is 0.914. The van der Waals surface area contributed by atoms with E-state index in [9.17, 15) is 22.7 Å². The number of phenols is 1. The molecule has 7 nitrogen and oxygen atoms in total. The van der Waals surface area contributed by atoms with Gasteiger partial charge in [-0.25, -0.2) is 17.5 Å². The fraction of sp³-hybridized carbons (Fsp3) is 0.457. The van der Waals surface area contributed by atoms with Crippen molar-refractivity contribution in [1.29, 1.82) is 0 Å².